The van der Waals surface area contributed by atoms with Crippen LogP contribution < -0.4 is 15.4 Å². The number of hydrogen-bond donors (Lipinski definition) is 3. The van der Waals surface area contributed by atoms with Crippen molar-refractivity contribution in [2.45, 2.75) is 24.7 Å². The normalized spacial score (nSPS) is 11.0. The van der Waals surface area contributed by atoms with E-state index in [0.717, 1.165) is 24.3 Å². The molecule has 2 aromatic rings. The van der Waals surface area contributed by atoms with Crippen LogP contribution in [0.3, 0.4) is 0 Å². The lowest BCUT2D eigenvalue weighted by atomic mass is 10.3. The summed E-state index contributed by atoms with van der Waals surface area (Å²) < 4.78 is 36.6. The molecule has 8 heteroatoms. The zero-order chi connectivity index (χ0) is 18.3. The van der Waals surface area contributed by atoms with Crippen LogP contribution in [0.2, 0.25) is 0 Å². The number of nitrogens with one attached hydrogen (secondary N) is 2. The number of thiocarbonyl (C=S) groups is 1. The molecule has 0 saturated heterocycles. The van der Waals surface area contributed by atoms with Crippen molar-refractivity contribution in [1.82, 2.24) is 0 Å². The van der Waals surface area contributed by atoms with Crippen molar-refractivity contribution >= 4 is 38.8 Å². The third-order valence-electron chi connectivity index (χ3n) is 3.29. The molecule has 0 radical (unpaired) electrons. The zero-order valence-electron chi connectivity index (χ0n) is 13.7. The lowest BCUT2D eigenvalue weighted by Crippen LogP contribution is -2.19. The topological polar surface area (TPSA) is 87.7 Å². The van der Waals surface area contributed by atoms with Crippen LogP contribution in [0.25, 0.3) is 0 Å². The third kappa shape index (κ3) is 6.33. The van der Waals surface area contributed by atoms with Crippen LogP contribution in [-0.4, -0.2) is 24.7 Å². The van der Waals surface area contributed by atoms with E-state index in [1.54, 1.807) is 0 Å². The van der Waals surface area contributed by atoms with Gasteiger partial charge < -0.3 is 15.4 Å². The summed E-state index contributed by atoms with van der Waals surface area (Å²) in [5.74, 6) is 0.804. The Kier molecular flexibility index (Phi) is 6.74. The maximum Gasteiger partial charge on any atom is 0.294 e. The van der Waals surface area contributed by atoms with E-state index in [4.69, 9.17) is 21.5 Å². The second-order valence-corrected chi connectivity index (χ2v) is 7.13. The van der Waals surface area contributed by atoms with Crippen molar-refractivity contribution in [2.24, 2.45) is 0 Å². The van der Waals surface area contributed by atoms with Gasteiger partial charge in [-0.25, -0.2) is 0 Å². The van der Waals surface area contributed by atoms with Gasteiger partial charge in [-0.2, -0.15) is 8.42 Å². The van der Waals surface area contributed by atoms with Gasteiger partial charge in [0.05, 0.1) is 11.5 Å². The van der Waals surface area contributed by atoms with Gasteiger partial charge in [0.25, 0.3) is 10.1 Å². The number of hydrogen-bond acceptors (Lipinski definition) is 4. The summed E-state index contributed by atoms with van der Waals surface area (Å²) in [6, 6.07) is 13.1. The Labute approximate surface area is 153 Å². The van der Waals surface area contributed by atoms with Crippen LogP contribution >= 0.6 is 12.2 Å². The molecule has 0 fully saturated rings. The number of anilines is 2. The number of unbranched alkanes of at least 4 members (excludes halogenated alkanes) is 1. The average molecular weight is 380 g/mol. The molecular weight excluding hydrogens is 360 g/mol. The van der Waals surface area contributed by atoms with Gasteiger partial charge in [0.1, 0.15) is 5.75 Å². The molecule has 0 saturated carbocycles. The van der Waals surface area contributed by atoms with Gasteiger partial charge in [0.2, 0.25) is 0 Å². The van der Waals surface area contributed by atoms with Crippen molar-refractivity contribution in [3.05, 3.63) is 48.5 Å². The highest BCUT2D eigenvalue weighted by molar-refractivity contribution is 7.85. The standard InChI is InChI=1S/C17H20N2O4S2/c1-2-3-12-23-15-8-4-13(5-9-15)18-17(24)19-14-6-10-16(11-7-14)25(20,21)22/h4-11H,2-3,12H2,1H3,(H2,18,19,24)(H,20,21,22). The fourth-order valence-electron chi connectivity index (χ4n) is 1.97. The van der Waals surface area contributed by atoms with Crippen LogP contribution in [0, 0.1) is 0 Å². The Balaban J connectivity index is 1.89. The highest BCUT2D eigenvalue weighted by Gasteiger charge is 2.08. The lowest BCUT2D eigenvalue weighted by molar-refractivity contribution is 0.309. The molecule has 0 unspecified atom stereocenters. The molecular formula is C17H20N2O4S2. The van der Waals surface area contributed by atoms with Crippen molar-refractivity contribution in [2.75, 3.05) is 17.2 Å². The molecule has 2 aromatic carbocycles. The predicted molar refractivity (Wildman–Crippen MR) is 103 cm³/mol. The van der Waals surface area contributed by atoms with Crippen molar-refractivity contribution in [3.63, 3.8) is 0 Å². The van der Waals surface area contributed by atoms with Gasteiger partial charge in [-0.15, -0.1) is 0 Å². The first-order valence-electron chi connectivity index (χ1n) is 7.77. The minimum absolute atomic E-state index is 0.171. The SMILES string of the molecule is CCCCOc1ccc(NC(=S)Nc2ccc(S(=O)(=O)O)cc2)cc1. The molecule has 0 aliphatic rings. The monoisotopic (exact) mass is 380 g/mol. The Morgan fingerprint density at radius 2 is 1.56 bits per heavy atom. The minimum Gasteiger partial charge on any atom is -0.494 e. The van der Waals surface area contributed by atoms with Gasteiger partial charge in [-0.3, -0.25) is 4.55 Å². The lowest BCUT2D eigenvalue weighted by Gasteiger charge is -2.11. The van der Waals surface area contributed by atoms with Gasteiger partial charge in [-0.05, 0) is 67.2 Å². The molecule has 0 atom stereocenters. The Hall–Kier alpha value is -2.16. The van der Waals surface area contributed by atoms with Crippen LogP contribution in [-0.2, 0) is 10.1 Å². The number of ether oxygens (including phenoxy) is 1. The van der Waals surface area contributed by atoms with Crippen LogP contribution in [0.1, 0.15) is 19.8 Å². The predicted octanol–water partition coefficient (Wildman–Crippen LogP) is 3.92. The molecule has 2 rings (SSSR count). The Bertz CT molecular complexity index is 804. The second kappa shape index (κ2) is 8.80. The van der Waals surface area contributed by atoms with E-state index < -0.39 is 10.1 Å². The van der Waals surface area contributed by atoms with E-state index in [2.05, 4.69) is 17.6 Å². The van der Waals surface area contributed by atoms with Crippen molar-refractivity contribution < 1.29 is 17.7 Å². The zero-order valence-corrected chi connectivity index (χ0v) is 15.4. The van der Waals surface area contributed by atoms with E-state index in [1.165, 1.54) is 24.3 Å². The quantitative estimate of drug-likeness (QED) is 0.381. The first kappa shape index (κ1) is 19.2. The summed E-state index contributed by atoms with van der Waals surface area (Å²) in [5, 5.41) is 6.33. The van der Waals surface area contributed by atoms with E-state index >= 15 is 0 Å². The molecule has 0 spiro atoms. The van der Waals surface area contributed by atoms with Crippen LogP contribution in [0.15, 0.2) is 53.4 Å². The maximum absolute atomic E-state index is 11.0. The molecule has 3 N–H and O–H groups in total. The average Bonchev–Trinajstić information content (AvgIpc) is 2.56. The van der Waals surface area contributed by atoms with Crippen LogP contribution in [0.4, 0.5) is 11.4 Å². The summed E-state index contributed by atoms with van der Waals surface area (Å²) in [6.07, 6.45) is 2.11. The van der Waals surface area contributed by atoms with Gasteiger partial charge >= 0.3 is 0 Å². The molecule has 0 amide bonds. The second-order valence-electron chi connectivity index (χ2n) is 5.30. The molecule has 0 aliphatic heterocycles. The first-order valence-corrected chi connectivity index (χ1v) is 9.62. The third-order valence-corrected chi connectivity index (χ3v) is 4.36. The molecule has 0 bridgehead atoms. The van der Waals surface area contributed by atoms with Crippen LogP contribution in [0.5, 0.6) is 5.75 Å². The molecule has 0 heterocycles. The largest absolute Gasteiger partial charge is 0.494 e. The molecule has 0 aliphatic carbocycles. The first-order chi connectivity index (χ1) is 11.9. The fourth-order valence-corrected chi connectivity index (χ4v) is 2.69. The van der Waals surface area contributed by atoms with Crippen molar-refractivity contribution in [1.29, 1.82) is 0 Å². The Morgan fingerprint density at radius 3 is 2.04 bits per heavy atom. The molecule has 0 aromatic heterocycles. The van der Waals surface area contributed by atoms with Gasteiger partial charge in [-0.1, -0.05) is 13.3 Å². The Morgan fingerprint density at radius 1 is 1.04 bits per heavy atom. The summed E-state index contributed by atoms with van der Waals surface area (Å²) in [7, 11) is -4.20. The summed E-state index contributed by atoms with van der Waals surface area (Å²) in [5.41, 5.74) is 1.40. The van der Waals surface area contributed by atoms with Gasteiger partial charge in [0.15, 0.2) is 5.11 Å². The van der Waals surface area contributed by atoms with E-state index in [9.17, 15) is 8.42 Å². The molecule has 25 heavy (non-hydrogen) atoms. The van der Waals surface area contributed by atoms with E-state index in [1.807, 2.05) is 24.3 Å². The number of benzene rings is 2. The maximum atomic E-state index is 11.0. The summed E-state index contributed by atoms with van der Waals surface area (Å²) in [6.45, 7) is 2.81. The van der Waals surface area contributed by atoms with Gasteiger partial charge in [0, 0.05) is 11.4 Å². The highest BCUT2D eigenvalue weighted by Crippen LogP contribution is 2.17. The smallest absolute Gasteiger partial charge is 0.294 e. The minimum atomic E-state index is -4.20. The van der Waals surface area contributed by atoms with E-state index in [0.29, 0.717) is 17.4 Å². The fraction of sp³-hybridized carbons (Fsp3) is 0.235. The summed E-state index contributed by atoms with van der Waals surface area (Å²) >= 11 is 5.22. The highest BCUT2D eigenvalue weighted by atomic mass is 32.2. The van der Waals surface area contributed by atoms with E-state index in [-0.39, 0.29) is 4.90 Å². The van der Waals surface area contributed by atoms with Crippen molar-refractivity contribution in [3.8, 4) is 5.75 Å². The molecule has 6 nitrogen and oxygen atoms in total. The summed E-state index contributed by atoms with van der Waals surface area (Å²) in [4.78, 5) is -0.171. The molecule has 134 valence electrons. The number of rotatable bonds is 7.